The van der Waals surface area contributed by atoms with Crippen LogP contribution in [-0.4, -0.2) is 53.0 Å². The second-order valence-corrected chi connectivity index (χ2v) is 11.0. The van der Waals surface area contributed by atoms with E-state index in [2.05, 4.69) is 78.8 Å². The summed E-state index contributed by atoms with van der Waals surface area (Å²) in [7, 11) is 3.42. The Morgan fingerprint density at radius 2 is 1.66 bits per heavy atom. The monoisotopic (exact) mass is 525 g/mol. The van der Waals surface area contributed by atoms with Gasteiger partial charge in [-0.1, -0.05) is 45.0 Å². The summed E-state index contributed by atoms with van der Waals surface area (Å²) in [6, 6.07) is 15.3. The van der Waals surface area contributed by atoms with Crippen LogP contribution in [0.5, 0.6) is 5.75 Å². The predicted octanol–water partition coefficient (Wildman–Crippen LogP) is 6.04. The number of methoxy groups -OCH3 is 2. The molecule has 0 spiro atoms. The molecule has 2 aromatic carbocycles. The molecule has 0 bridgehead atoms. The maximum absolute atomic E-state index is 11.9. The van der Waals surface area contributed by atoms with Crippen LogP contribution < -0.4 is 20.3 Å². The Kier molecular flexibility index (Phi) is 11.7. The summed E-state index contributed by atoms with van der Waals surface area (Å²) >= 11 is 0. The Labute approximate surface area is 229 Å². The molecule has 1 heterocycles. The minimum Gasteiger partial charge on any atom is -0.494 e. The molecular weight excluding hydrogens is 478 g/mol. The standard InChI is InChI=1S/C31H47N3O4/c1-31(2,3)25-14-12-24(13-15-25)30-33-27-23-26(16-17-28(27)34(30)19-10-21-37-5)38-22-8-6-7-11-29(35)32-18-9-20-36-4/h12-17,23,30,33H,6-11,18-22H2,1-5H3,(H,32,35). The highest BCUT2D eigenvalue weighted by Gasteiger charge is 2.30. The quantitative estimate of drug-likeness (QED) is 0.260. The maximum atomic E-state index is 11.9. The highest BCUT2D eigenvalue weighted by Crippen LogP contribution is 2.43. The smallest absolute Gasteiger partial charge is 0.219 e. The molecule has 0 saturated heterocycles. The van der Waals surface area contributed by atoms with E-state index in [1.54, 1.807) is 14.2 Å². The van der Waals surface area contributed by atoms with E-state index < -0.39 is 0 Å². The van der Waals surface area contributed by atoms with Gasteiger partial charge in [0, 0.05) is 53.0 Å². The van der Waals surface area contributed by atoms with Gasteiger partial charge >= 0.3 is 0 Å². The van der Waals surface area contributed by atoms with E-state index in [4.69, 9.17) is 14.2 Å². The predicted molar refractivity (Wildman–Crippen MR) is 155 cm³/mol. The molecule has 3 rings (SSSR count). The molecule has 1 aliphatic heterocycles. The van der Waals surface area contributed by atoms with Crippen LogP contribution in [0.4, 0.5) is 11.4 Å². The number of anilines is 2. The number of amides is 1. The van der Waals surface area contributed by atoms with E-state index in [9.17, 15) is 4.79 Å². The van der Waals surface area contributed by atoms with E-state index in [-0.39, 0.29) is 17.5 Å². The number of carbonyl (C=O) groups is 1. The SMILES string of the molecule is COCCCNC(=O)CCCCCOc1ccc2c(c1)NC(c1ccc(C(C)(C)C)cc1)N2CCCOC. The van der Waals surface area contributed by atoms with Crippen molar-refractivity contribution >= 4 is 17.3 Å². The number of hydrogen-bond acceptors (Lipinski definition) is 6. The number of ether oxygens (including phenoxy) is 3. The molecule has 1 atom stereocenters. The van der Waals surface area contributed by atoms with Crippen molar-refractivity contribution < 1.29 is 19.0 Å². The number of fused-ring (bicyclic) bond motifs is 1. The highest BCUT2D eigenvalue weighted by atomic mass is 16.5. The summed E-state index contributed by atoms with van der Waals surface area (Å²) < 4.78 is 16.4. The summed E-state index contributed by atoms with van der Waals surface area (Å²) in [6.07, 6.45) is 5.21. The first kappa shape index (κ1) is 29.8. The fourth-order valence-corrected chi connectivity index (χ4v) is 4.68. The van der Waals surface area contributed by atoms with Gasteiger partial charge in [-0.15, -0.1) is 0 Å². The zero-order chi connectivity index (χ0) is 27.4. The third-order valence-corrected chi connectivity index (χ3v) is 6.89. The lowest BCUT2D eigenvalue weighted by Gasteiger charge is -2.28. The minimum absolute atomic E-state index is 0.0757. The number of benzene rings is 2. The van der Waals surface area contributed by atoms with Crippen molar-refractivity contribution in [2.45, 2.75) is 70.9 Å². The van der Waals surface area contributed by atoms with Crippen LogP contribution in [0, 0.1) is 0 Å². The number of nitrogens with one attached hydrogen (secondary N) is 2. The molecule has 0 saturated carbocycles. The molecule has 1 amide bonds. The summed E-state index contributed by atoms with van der Waals surface area (Å²) in [5.74, 6) is 0.983. The molecule has 2 N–H and O–H groups in total. The molecule has 7 nitrogen and oxygen atoms in total. The topological polar surface area (TPSA) is 72.1 Å². The largest absolute Gasteiger partial charge is 0.494 e. The second kappa shape index (κ2) is 15.0. The van der Waals surface area contributed by atoms with Gasteiger partial charge in [-0.3, -0.25) is 4.79 Å². The lowest BCUT2D eigenvalue weighted by atomic mass is 9.86. The molecule has 0 aliphatic carbocycles. The molecule has 1 unspecified atom stereocenters. The van der Waals surface area contributed by atoms with Crippen LogP contribution in [0.25, 0.3) is 0 Å². The van der Waals surface area contributed by atoms with Crippen molar-refractivity contribution in [3.8, 4) is 5.75 Å². The number of unbranched alkanes of at least 4 members (excludes halogenated alkanes) is 2. The van der Waals surface area contributed by atoms with Crippen LogP contribution in [0.2, 0.25) is 0 Å². The fourth-order valence-electron chi connectivity index (χ4n) is 4.68. The molecule has 0 aromatic heterocycles. The summed E-state index contributed by atoms with van der Waals surface area (Å²) in [5.41, 5.74) is 4.99. The molecule has 0 fully saturated rings. The Morgan fingerprint density at radius 3 is 2.37 bits per heavy atom. The van der Waals surface area contributed by atoms with E-state index in [1.165, 1.54) is 16.8 Å². The average Bonchev–Trinajstić information content (AvgIpc) is 3.26. The number of carbonyl (C=O) groups excluding carboxylic acids is 1. The fraction of sp³-hybridized carbons (Fsp3) is 0.581. The van der Waals surface area contributed by atoms with Crippen molar-refractivity contribution in [3.05, 3.63) is 53.6 Å². The van der Waals surface area contributed by atoms with Crippen molar-refractivity contribution in [2.75, 3.05) is 57.3 Å². The first-order valence-corrected chi connectivity index (χ1v) is 14.0. The molecule has 0 radical (unpaired) electrons. The van der Waals surface area contributed by atoms with E-state index in [0.717, 1.165) is 56.7 Å². The van der Waals surface area contributed by atoms with E-state index >= 15 is 0 Å². The molecule has 2 aromatic rings. The number of hydrogen-bond donors (Lipinski definition) is 2. The molecular formula is C31H47N3O4. The third kappa shape index (κ3) is 8.91. The van der Waals surface area contributed by atoms with Gasteiger partial charge in [0.05, 0.1) is 18.0 Å². The summed E-state index contributed by atoms with van der Waals surface area (Å²) in [4.78, 5) is 14.3. The molecule has 1 aliphatic rings. The first-order valence-electron chi connectivity index (χ1n) is 14.0. The maximum Gasteiger partial charge on any atom is 0.219 e. The lowest BCUT2D eigenvalue weighted by Crippen LogP contribution is -2.29. The van der Waals surface area contributed by atoms with E-state index in [1.807, 2.05) is 0 Å². The Balaban J connectivity index is 1.52. The van der Waals surface area contributed by atoms with Crippen LogP contribution in [0.3, 0.4) is 0 Å². The first-order chi connectivity index (χ1) is 18.3. The summed E-state index contributed by atoms with van der Waals surface area (Å²) in [5, 5.41) is 6.66. The summed E-state index contributed by atoms with van der Waals surface area (Å²) in [6.45, 7) is 10.4. The van der Waals surface area contributed by atoms with Crippen molar-refractivity contribution in [1.29, 1.82) is 0 Å². The van der Waals surface area contributed by atoms with Crippen LogP contribution in [0.15, 0.2) is 42.5 Å². The van der Waals surface area contributed by atoms with Gasteiger partial charge in [0.25, 0.3) is 0 Å². The highest BCUT2D eigenvalue weighted by molar-refractivity contribution is 5.78. The molecule has 210 valence electrons. The number of nitrogens with zero attached hydrogens (tertiary/aromatic N) is 1. The van der Waals surface area contributed by atoms with Gasteiger partial charge in [0.1, 0.15) is 11.9 Å². The van der Waals surface area contributed by atoms with Crippen LogP contribution in [-0.2, 0) is 19.7 Å². The van der Waals surface area contributed by atoms with Crippen molar-refractivity contribution in [3.63, 3.8) is 0 Å². The second-order valence-electron chi connectivity index (χ2n) is 11.0. The van der Waals surface area contributed by atoms with Gasteiger partial charge < -0.3 is 29.7 Å². The zero-order valence-corrected chi connectivity index (χ0v) is 24.0. The molecule has 38 heavy (non-hydrogen) atoms. The van der Waals surface area contributed by atoms with Gasteiger partial charge in [0.2, 0.25) is 5.91 Å². The van der Waals surface area contributed by atoms with Crippen molar-refractivity contribution in [1.82, 2.24) is 5.32 Å². The third-order valence-electron chi connectivity index (χ3n) is 6.89. The van der Waals surface area contributed by atoms with Gasteiger partial charge in [-0.2, -0.15) is 0 Å². The number of rotatable bonds is 16. The van der Waals surface area contributed by atoms with Crippen molar-refractivity contribution in [2.24, 2.45) is 0 Å². The van der Waals surface area contributed by atoms with Gasteiger partial charge in [-0.25, -0.2) is 0 Å². The molecule has 7 heteroatoms. The zero-order valence-electron chi connectivity index (χ0n) is 24.0. The average molecular weight is 526 g/mol. The van der Waals surface area contributed by atoms with E-state index in [0.29, 0.717) is 26.2 Å². The normalized spacial score (nSPS) is 14.8. The van der Waals surface area contributed by atoms with Gasteiger partial charge in [-0.05, 0) is 60.8 Å². The Hall–Kier alpha value is -2.77. The Bertz CT molecular complexity index is 988. The van der Waals surface area contributed by atoms with Crippen LogP contribution >= 0.6 is 0 Å². The Morgan fingerprint density at radius 1 is 0.921 bits per heavy atom. The van der Waals surface area contributed by atoms with Crippen LogP contribution in [0.1, 0.15) is 76.6 Å². The van der Waals surface area contributed by atoms with Gasteiger partial charge in [0.15, 0.2) is 0 Å². The lowest BCUT2D eigenvalue weighted by molar-refractivity contribution is -0.121. The minimum atomic E-state index is 0.0757.